The molecule has 0 spiro atoms. The lowest BCUT2D eigenvalue weighted by Crippen LogP contribution is -2.13. The van der Waals surface area contributed by atoms with E-state index in [1.807, 2.05) is 6.07 Å². The molecule has 0 radical (unpaired) electrons. The SMILES string of the molecule is N#Cc1cc(Br)ccc1NC(=O)c1csc(N)n1. The molecule has 1 aromatic carbocycles. The maximum atomic E-state index is 11.8. The third-order valence-corrected chi connectivity index (χ3v) is 3.27. The van der Waals surface area contributed by atoms with Crippen LogP contribution in [0.5, 0.6) is 0 Å². The third-order valence-electron chi connectivity index (χ3n) is 2.10. The Hall–Kier alpha value is -1.91. The number of thiazole rings is 1. The molecule has 0 aliphatic carbocycles. The number of hydrogen-bond donors (Lipinski definition) is 2. The number of hydrogen-bond acceptors (Lipinski definition) is 5. The first-order valence-electron chi connectivity index (χ1n) is 4.82. The zero-order valence-corrected chi connectivity index (χ0v) is 11.4. The molecule has 18 heavy (non-hydrogen) atoms. The molecule has 0 saturated carbocycles. The van der Waals surface area contributed by atoms with Gasteiger partial charge in [0.15, 0.2) is 5.13 Å². The molecular formula is C11H7BrN4OS. The van der Waals surface area contributed by atoms with Gasteiger partial charge in [0.25, 0.3) is 5.91 Å². The molecule has 0 atom stereocenters. The summed E-state index contributed by atoms with van der Waals surface area (Å²) in [6.45, 7) is 0. The van der Waals surface area contributed by atoms with E-state index in [1.165, 1.54) is 11.3 Å². The molecule has 1 heterocycles. The minimum Gasteiger partial charge on any atom is -0.375 e. The molecule has 90 valence electrons. The van der Waals surface area contributed by atoms with E-state index in [1.54, 1.807) is 23.6 Å². The number of anilines is 2. The molecule has 0 fully saturated rings. The molecule has 0 saturated heterocycles. The Morgan fingerprint density at radius 3 is 2.94 bits per heavy atom. The Morgan fingerprint density at radius 1 is 1.56 bits per heavy atom. The lowest BCUT2D eigenvalue weighted by molar-refractivity contribution is 0.102. The fourth-order valence-corrected chi connectivity index (χ4v) is 2.20. The van der Waals surface area contributed by atoms with E-state index in [0.717, 1.165) is 4.47 Å². The zero-order valence-electron chi connectivity index (χ0n) is 8.98. The minimum atomic E-state index is -0.387. The predicted octanol–water partition coefficient (Wildman–Crippen LogP) is 2.61. The van der Waals surface area contributed by atoms with Gasteiger partial charge in [-0.2, -0.15) is 5.26 Å². The standard InChI is InChI=1S/C11H7BrN4OS/c12-7-1-2-8(6(3-7)4-13)15-10(17)9-5-18-11(14)16-9/h1-3,5H,(H2,14,16)(H,15,17). The highest BCUT2D eigenvalue weighted by atomic mass is 79.9. The minimum absolute atomic E-state index is 0.240. The van der Waals surface area contributed by atoms with Gasteiger partial charge in [-0.05, 0) is 18.2 Å². The van der Waals surface area contributed by atoms with Gasteiger partial charge in [0.2, 0.25) is 0 Å². The van der Waals surface area contributed by atoms with Crippen molar-refractivity contribution in [1.82, 2.24) is 4.98 Å². The van der Waals surface area contributed by atoms with Crippen molar-refractivity contribution in [3.63, 3.8) is 0 Å². The van der Waals surface area contributed by atoms with Crippen LogP contribution < -0.4 is 11.1 Å². The van der Waals surface area contributed by atoms with E-state index in [4.69, 9.17) is 11.0 Å². The van der Waals surface area contributed by atoms with Crippen molar-refractivity contribution >= 4 is 44.0 Å². The van der Waals surface area contributed by atoms with Crippen LogP contribution in [0.3, 0.4) is 0 Å². The number of halogens is 1. The number of nitrogens with two attached hydrogens (primary N) is 1. The molecule has 0 aliphatic rings. The van der Waals surface area contributed by atoms with Crippen LogP contribution in [0.2, 0.25) is 0 Å². The Bertz CT molecular complexity index is 647. The molecule has 3 N–H and O–H groups in total. The number of carbonyl (C=O) groups excluding carboxylic acids is 1. The van der Waals surface area contributed by atoms with E-state index in [2.05, 4.69) is 26.2 Å². The first-order valence-corrected chi connectivity index (χ1v) is 6.49. The lowest BCUT2D eigenvalue weighted by atomic mass is 10.2. The lowest BCUT2D eigenvalue weighted by Gasteiger charge is -2.05. The van der Waals surface area contributed by atoms with Crippen LogP contribution in [0, 0.1) is 11.3 Å². The van der Waals surface area contributed by atoms with E-state index in [0.29, 0.717) is 16.4 Å². The first-order chi connectivity index (χ1) is 8.60. The highest BCUT2D eigenvalue weighted by Gasteiger charge is 2.12. The first kappa shape index (κ1) is 12.5. The zero-order chi connectivity index (χ0) is 13.1. The van der Waals surface area contributed by atoms with Crippen molar-refractivity contribution < 1.29 is 4.79 Å². The fraction of sp³-hybridized carbons (Fsp3) is 0. The van der Waals surface area contributed by atoms with E-state index in [-0.39, 0.29) is 11.6 Å². The molecule has 2 rings (SSSR count). The normalized spacial score (nSPS) is 9.78. The molecular weight excluding hydrogens is 316 g/mol. The number of nitriles is 1. The summed E-state index contributed by atoms with van der Waals surface area (Å²) in [7, 11) is 0. The van der Waals surface area contributed by atoms with Gasteiger partial charge in [0, 0.05) is 9.85 Å². The molecule has 0 unspecified atom stereocenters. The largest absolute Gasteiger partial charge is 0.375 e. The number of aromatic nitrogens is 1. The van der Waals surface area contributed by atoms with Gasteiger partial charge in [-0.25, -0.2) is 4.98 Å². The van der Waals surface area contributed by atoms with E-state index in [9.17, 15) is 4.79 Å². The van der Waals surface area contributed by atoms with Crippen LogP contribution in [-0.4, -0.2) is 10.9 Å². The van der Waals surface area contributed by atoms with Crippen LogP contribution in [0.15, 0.2) is 28.1 Å². The van der Waals surface area contributed by atoms with Crippen LogP contribution >= 0.6 is 27.3 Å². The average molecular weight is 323 g/mol. The Balaban J connectivity index is 2.25. The van der Waals surface area contributed by atoms with Crippen molar-refractivity contribution in [3.05, 3.63) is 39.3 Å². The Labute approximate surface area is 115 Å². The van der Waals surface area contributed by atoms with Gasteiger partial charge in [0.05, 0.1) is 11.3 Å². The van der Waals surface area contributed by atoms with Crippen molar-refractivity contribution in [2.75, 3.05) is 11.1 Å². The second-order valence-electron chi connectivity index (χ2n) is 3.33. The smallest absolute Gasteiger partial charge is 0.275 e. The predicted molar refractivity (Wildman–Crippen MR) is 73.3 cm³/mol. The van der Waals surface area contributed by atoms with E-state index < -0.39 is 0 Å². The second kappa shape index (κ2) is 5.16. The van der Waals surface area contributed by atoms with Crippen molar-refractivity contribution in [1.29, 1.82) is 5.26 Å². The van der Waals surface area contributed by atoms with Crippen LogP contribution in [0.25, 0.3) is 0 Å². The topological polar surface area (TPSA) is 91.8 Å². The summed E-state index contributed by atoms with van der Waals surface area (Å²) in [5.74, 6) is -0.387. The summed E-state index contributed by atoms with van der Waals surface area (Å²) < 4.78 is 0.773. The Morgan fingerprint density at radius 2 is 2.33 bits per heavy atom. The van der Waals surface area contributed by atoms with Crippen LogP contribution in [0.1, 0.15) is 16.1 Å². The van der Waals surface area contributed by atoms with E-state index >= 15 is 0 Å². The molecule has 0 aliphatic heterocycles. The maximum absolute atomic E-state index is 11.8. The summed E-state index contributed by atoms with van der Waals surface area (Å²) in [6.07, 6.45) is 0. The third kappa shape index (κ3) is 2.67. The second-order valence-corrected chi connectivity index (χ2v) is 5.13. The molecule has 2 aromatic rings. The molecule has 5 nitrogen and oxygen atoms in total. The number of rotatable bonds is 2. The average Bonchev–Trinajstić information content (AvgIpc) is 2.78. The van der Waals surface area contributed by atoms with Gasteiger partial charge < -0.3 is 11.1 Å². The van der Waals surface area contributed by atoms with Gasteiger partial charge >= 0.3 is 0 Å². The summed E-state index contributed by atoms with van der Waals surface area (Å²) in [5, 5.41) is 13.5. The molecule has 0 bridgehead atoms. The molecule has 7 heteroatoms. The highest BCUT2D eigenvalue weighted by Crippen LogP contribution is 2.21. The van der Waals surface area contributed by atoms with Crippen LogP contribution in [-0.2, 0) is 0 Å². The fourth-order valence-electron chi connectivity index (χ4n) is 1.30. The van der Waals surface area contributed by atoms with Gasteiger partial charge in [0.1, 0.15) is 11.8 Å². The van der Waals surface area contributed by atoms with Gasteiger partial charge in [-0.3, -0.25) is 4.79 Å². The number of benzene rings is 1. The number of amides is 1. The highest BCUT2D eigenvalue weighted by molar-refractivity contribution is 9.10. The number of carbonyl (C=O) groups is 1. The maximum Gasteiger partial charge on any atom is 0.275 e. The quantitative estimate of drug-likeness (QED) is 0.888. The monoisotopic (exact) mass is 322 g/mol. The van der Waals surface area contributed by atoms with Crippen molar-refractivity contribution in [2.24, 2.45) is 0 Å². The number of nitrogens with one attached hydrogen (secondary N) is 1. The summed E-state index contributed by atoms with van der Waals surface area (Å²) in [5.41, 5.74) is 6.51. The van der Waals surface area contributed by atoms with Gasteiger partial charge in [-0.1, -0.05) is 15.9 Å². The van der Waals surface area contributed by atoms with Crippen LogP contribution in [0.4, 0.5) is 10.8 Å². The number of nitrogen functional groups attached to an aromatic ring is 1. The van der Waals surface area contributed by atoms with Crippen molar-refractivity contribution in [3.8, 4) is 6.07 Å². The summed E-state index contributed by atoms with van der Waals surface area (Å²) >= 11 is 4.45. The summed E-state index contributed by atoms with van der Waals surface area (Å²) in [4.78, 5) is 15.7. The summed E-state index contributed by atoms with van der Waals surface area (Å²) in [6, 6.07) is 7.03. The van der Waals surface area contributed by atoms with Crippen molar-refractivity contribution in [2.45, 2.75) is 0 Å². The Kier molecular flexibility index (Phi) is 3.60. The molecule has 1 aromatic heterocycles. The number of nitrogens with zero attached hydrogens (tertiary/aromatic N) is 2. The molecule has 1 amide bonds. The van der Waals surface area contributed by atoms with Gasteiger partial charge in [-0.15, -0.1) is 11.3 Å².